The number of anilines is 1. The second kappa shape index (κ2) is 8.98. The lowest BCUT2D eigenvalue weighted by molar-refractivity contribution is 0.443. The SMILES string of the molecule is CCCCCC(NC)N(CC(C)C)c1ccccc1. The topological polar surface area (TPSA) is 15.3 Å². The number of para-hydroxylation sites is 1. The number of hydrogen-bond acceptors (Lipinski definition) is 2. The van der Waals surface area contributed by atoms with E-state index in [2.05, 4.69) is 68.4 Å². The number of nitrogens with one attached hydrogen (secondary N) is 1. The van der Waals surface area contributed by atoms with Crippen LogP contribution in [0, 0.1) is 5.92 Å². The Labute approximate surface area is 119 Å². The maximum Gasteiger partial charge on any atom is 0.0793 e. The Balaban J connectivity index is 2.76. The fraction of sp³-hybridized carbons (Fsp3) is 0.647. The summed E-state index contributed by atoms with van der Waals surface area (Å²) in [5, 5.41) is 3.49. The molecule has 108 valence electrons. The predicted octanol–water partition coefficient (Wildman–Crippen LogP) is 4.27. The van der Waals surface area contributed by atoms with Crippen LogP contribution in [-0.4, -0.2) is 19.8 Å². The van der Waals surface area contributed by atoms with Gasteiger partial charge in [-0.15, -0.1) is 0 Å². The van der Waals surface area contributed by atoms with Crippen LogP contribution in [0.5, 0.6) is 0 Å². The molecule has 1 N–H and O–H groups in total. The smallest absolute Gasteiger partial charge is 0.0793 e. The molecule has 0 aliphatic heterocycles. The number of hydrogen-bond donors (Lipinski definition) is 1. The molecule has 0 spiro atoms. The number of rotatable bonds is 9. The molecule has 0 aliphatic rings. The van der Waals surface area contributed by atoms with Crippen LogP contribution < -0.4 is 10.2 Å². The fourth-order valence-corrected chi connectivity index (χ4v) is 2.47. The second-order valence-electron chi connectivity index (χ2n) is 5.68. The van der Waals surface area contributed by atoms with Crippen molar-refractivity contribution >= 4 is 5.69 Å². The molecule has 0 saturated carbocycles. The summed E-state index contributed by atoms with van der Waals surface area (Å²) in [7, 11) is 2.08. The van der Waals surface area contributed by atoms with Gasteiger partial charge in [-0.25, -0.2) is 0 Å². The molecule has 1 atom stereocenters. The molecule has 0 aromatic heterocycles. The molecule has 0 bridgehead atoms. The van der Waals surface area contributed by atoms with Crippen LogP contribution in [0.3, 0.4) is 0 Å². The molecule has 1 aromatic rings. The zero-order chi connectivity index (χ0) is 14.1. The third kappa shape index (κ3) is 5.65. The van der Waals surface area contributed by atoms with Gasteiger partial charge in [-0.05, 0) is 31.5 Å². The van der Waals surface area contributed by atoms with Crippen LogP contribution in [0.15, 0.2) is 30.3 Å². The molecule has 0 amide bonds. The average Bonchev–Trinajstić information content (AvgIpc) is 2.42. The summed E-state index contributed by atoms with van der Waals surface area (Å²) in [4.78, 5) is 2.51. The van der Waals surface area contributed by atoms with Crippen LogP contribution in [0.1, 0.15) is 46.5 Å². The van der Waals surface area contributed by atoms with E-state index in [1.54, 1.807) is 0 Å². The first-order valence-electron chi connectivity index (χ1n) is 7.68. The molecule has 2 nitrogen and oxygen atoms in total. The lowest BCUT2D eigenvalue weighted by atomic mass is 10.1. The van der Waals surface area contributed by atoms with Crippen LogP contribution in [0.2, 0.25) is 0 Å². The quantitative estimate of drug-likeness (QED) is 0.528. The van der Waals surface area contributed by atoms with E-state index in [1.807, 2.05) is 0 Å². The van der Waals surface area contributed by atoms with E-state index >= 15 is 0 Å². The lowest BCUT2D eigenvalue weighted by Crippen LogP contribution is -2.46. The zero-order valence-corrected chi connectivity index (χ0v) is 13.0. The highest BCUT2D eigenvalue weighted by atomic mass is 15.3. The minimum Gasteiger partial charge on any atom is -0.356 e. The van der Waals surface area contributed by atoms with Crippen LogP contribution in [-0.2, 0) is 0 Å². The van der Waals surface area contributed by atoms with Crippen molar-refractivity contribution in [1.82, 2.24) is 5.32 Å². The van der Waals surface area contributed by atoms with E-state index < -0.39 is 0 Å². The summed E-state index contributed by atoms with van der Waals surface area (Å²) in [5.41, 5.74) is 1.33. The first-order valence-corrected chi connectivity index (χ1v) is 7.68. The highest BCUT2D eigenvalue weighted by Gasteiger charge is 2.17. The van der Waals surface area contributed by atoms with Crippen LogP contribution in [0.4, 0.5) is 5.69 Å². The van der Waals surface area contributed by atoms with Crippen molar-refractivity contribution in [3.05, 3.63) is 30.3 Å². The van der Waals surface area contributed by atoms with Gasteiger partial charge in [0.05, 0.1) is 6.17 Å². The van der Waals surface area contributed by atoms with Gasteiger partial charge in [-0.1, -0.05) is 58.2 Å². The summed E-state index contributed by atoms with van der Waals surface area (Å²) in [6.07, 6.45) is 5.56. The molecule has 0 radical (unpaired) electrons. The summed E-state index contributed by atoms with van der Waals surface area (Å²) in [6.45, 7) is 7.93. The molecule has 19 heavy (non-hydrogen) atoms. The molecule has 0 fully saturated rings. The van der Waals surface area contributed by atoms with Crippen molar-refractivity contribution in [3.8, 4) is 0 Å². The van der Waals surface area contributed by atoms with Crippen molar-refractivity contribution in [2.75, 3.05) is 18.5 Å². The van der Waals surface area contributed by atoms with Crippen molar-refractivity contribution in [2.24, 2.45) is 5.92 Å². The van der Waals surface area contributed by atoms with Crippen molar-refractivity contribution in [2.45, 2.75) is 52.6 Å². The third-order valence-corrected chi connectivity index (χ3v) is 3.44. The molecule has 0 saturated heterocycles. The molecule has 1 unspecified atom stereocenters. The van der Waals surface area contributed by atoms with Gasteiger partial charge in [0, 0.05) is 12.2 Å². The second-order valence-corrected chi connectivity index (χ2v) is 5.68. The first-order chi connectivity index (χ1) is 9.19. The van der Waals surface area contributed by atoms with Gasteiger partial charge in [-0.3, -0.25) is 0 Å². The third-order valence-electron chi connectivity index (χ3n) is 3.44. The van der Waals surface area contributed by atoms with E-state index in [4.69, 9.17) is 0 Å². The molecular weight excluding hydrogens is 232 g/mol. The molecule has 2 heteroatoms. The normalized spacial score (nSPS) is 12.7. The first kappa shape index (κ1) is 16.0. The Hall–Kier alpha value is -1.02. The molecule has 1 aromatic carbocycles. The zero-order valence-electron chi connectivity index (χ0n) is 13.0. The van der Waals surface area contributed by atoms with E-state index in [9.17, 15) is 0 Å². The monoisotopic (exact) mass is 262 g/mol. The molecule has 1 rings (SSSR count). The van der Waals surface area contributed by atoms with Gasteiger partial charge in [0.15, 0.2) is 0 Å². The average molecular weight is 262 g/mol. The lowest BCUT2D eigenvalue weighted by Gasteiger charge is -2.35. The van der Waals surface area contributed by atoms with E-state index in [-0.39, 0.29) is 0 Å². The van der Waals surface area contributed by atoms with Gasteiger partial charge < -0.3 is 10.2 Å². The largest absolute Gasteiger partial charge is 0.356 e. The maximum atomic E-state index is 3.49. The van der Waals surface area contributed by atoms with Crippen molar-refractivity contribution in [1.29, 1.82) is 0 Å². The van der Waals surface area contributed by atoms with Gasteiger partial charge in [0.1, 0.15) is 0 Å². The maximum absolute atomic E-state index is 3.49. The predicted molar refractivity (Wildman–Crippen MR) is 85.6 cm³/mol. The Kier molecular flexibility index (Phi) is 7.57. The molecule has 0 aliphatic carbocycles. The highest BCUT2D eigenvalue weighted by Crippen LogP contribution is 2.20. The van der Waals surface area contributed by atoms with E-state index in [1.165, 1.54) is 31.4 Å². The number of benzene rings is 1. The van der Waals surface area contributed by atoms with Crippen LogP contribution >= 0.6 is 0 Å². The van der Waals surface area contributed by atoms with Crippen LogP contribution in [0.25, 0.3) is 0 Å². The van der Waals surface area contributed by atoms with Gasteiger partial charge >= 0.3 is 0 Å². The summed E-state index contributed by atoms with van der Waals surface area (Å²) in [6, 6.07) is 10.8. The van der Waals surface area contributed by atoms with Gasteiger partial charge in [0.25, 0.3) is 0 Å². The Bertz CT molecular complexity index is 321. The minimum atomic E-state index is 0.441. The Morgan fingerprint density at radius 3 is 2.32 bits per heavy atom. The highest BCUT2D eigenvalue weighted by molar-refractivity contribution is 5.46. The Morgan fingerprint density at radius 1 is 1.11 bits per heavy atom. The standard InChI is InChI=1S/C17H30N2/c1-5-6-8-13-17(18-4)19(14-15(2)3)16-11-9-7-10-12-16/h7,9-12,15,17-18H,5-6,8,13-14H2,1-4H3. The molecule has 0 heterocycles. The van der Waals surface area contributed by atoms with Crippen molar-refractivity contribution in [3.63, 3.8) is 0 Å². The van der Waals surface area contributed by atoms with E-state index in [0.29, 0.717) is 12.1 Å². The number of nitrogens with zero attached hydrogens (tertiary/aromatic N) is 1. The summed E-state index contributed by atoms with van der Waals surface area (Å²) < 4.78 is 0. The van der Waals surface area contributed by atoms with Gasteiger partial charge in [0.2, 0.25) is 0 Å². The van der Waals surface area contributed by atoms with E-state index in [0.717, 1.165) is 6.54 Å². The summed E-state index contributed by atoms with van der Waals surface area (Å²) in [5.74, 6) is 0.669. The van der Waals surface area contributed by atoms with Gasteiger partial charge in [-0.2, -0.15) is 0 Å². The Morgan fingerprint density at radius 2 is 1.79 bits per heavy atom. The fourth-order valence-electron chi connectivity index (χ4n) is 2.47. The molecular formula is C17H30N2. The summed E-state index contributed by atoms with van der Waals surface area (Å²) >= 11 is 0. The number of unbranched alkanes of at least 4 members (excludes halogenated alkanes) is 2. The van der Waals surface area contributed by atoms with Crippen molar-refractivity contribution < 1.29 is 0 Å². The minimum absolute atomic E-state index is 0.441.